The van der Waals surface area contributed by atoms with Gasteiger partial charge >= 0.3 is 0 Å². The Kier molecular flexibility index (Phi) is 4.04. The lowest BCUT2D eigenvalue weighted by Gasteiger charge is -2.21. The first-order valence-corrected chi connectivity index (χ1v) is 7.89. The zero-order valence-electron chi connectivity index (χ0n) is 10.7. The molecule has 0 spiro atoms. The Labute approximate surface area is 108 Å². The smallest absolute Gasteiger partial charge is 0.211 e. The Morgan fingerprint density at radius 1 is 1.50 bits per heavy atom. The van der Waals surface area contributed by atoms with Gasteiger partial charge in [0.05, 0.1) is 25.1 Å². The molecule has 0 fully saturated rings. The maximum atomic E-state index is 11.7. The molecule has 0 bridgehead atoms. The van der Waals surface area contributed by atoms with Crippen molar-refractivity contribution in [3.8, 4) is 0 Å². The molecule has 2 rings (SSSR count). The van der Waals surface area contributed by atoms with Gasteiger partial charge in [-0.1, -0.05) is 0 Å². The molecule has 6 nitrogen and oxygen atoms in total. The summed E-state index contributed by atoms with van der Waals surface area (Å²) in [5.41, 5.74) is 0.930. The molecule has 1 atom stereocenters. The van der Waals surface area contributed by atoms with Crippen LogP contribution in [0.1, 0.15) is 12.6 Å². The molecular formula is C11H19N3O3S. The first-order valence-electron chi connectivity index (χ1n) is 6.04. The summed E-state index contributed by atoms with van der Waals surface area (Å²) < 4.78 is 32.3. The molecule has 0 aromatic carbocycles. The van der Waals surface area contributed by atoms with E-state index in [0.29, 0.717) is 32.8 Å². The van der Waals surface area contributed by atoms with Gasteiger partial charge in [-0.05, 0) is 13.0 Å². The topological polar surface area (TPSA) is 64.4 Å². The number of nitrogens with zero attached hydrogens (tertiary/aromatic N) is 3. The number of aromatic nitrogens is 2. The average molecular weight is 273 g/mol. The minimum atomic E-state index is -3.19. The maximum Gasteiger partial charge on any atom is 0.211 e. The molecule has 0 amide bonds. The minimum Gasteiger partial charge on any atom is -0.381 e. The highest BCUT2D eigenvalue weighted by Crippen LogP contribution is 2.18. The van der Waals surface area contributed by atoms with Gasteiger partial charge in [-0.2, -0.15) is 9.40 Å². The lowest BCUT2D eigenvalue weighted by atomic mass is 10.1. The Morgan fingerprint density at radius 2 is 2.28 bits per heavy atom. The Balaban J connectivity index is 2.21. The van der Waals surface area contributed by atoms with Crippen LogP contribution in [0.25, 0.3) is 0 Å². The van der Waals surface area contributed by atoms with E-state index in [2.05, 4.69) is 5.10 Å². The first kappa shape index (κ1) is 13.5. The molecule has 1 aliphatic heterocycles. The fourth-order valence-electron chi connectivity index (χ4n) is 2.14. The third kappa shape index (κ3) is 3.09. The van der Waals surface area contributed by atoms with Crippen LogP contribution in [-0.2, 0) is 27.8 Å². The third-order valence-corrected chi connectivity index (χ3v) is 4.28. The number of ether oxygens (including phenoxy) is 1. The van der Waals surface area contributed by atoms with Crippen molar-refractivity contribution < 1.29 is 13.2 Å². The van der Waals surface area contributed by atoms with E-state index in [-0.39, 0.29) is 5.92 Å². The molecule has 0 saturated heterocycles. The number of fused-ring (bicyclic) bond motifs is 1. The van der Waals surface area contributed by atoms with Gasteiger partial charge in [0.25, 0.3) is 0 Å². The molecule has 0 unspecified atom stereocenters. The number of hydrogen-bond acceptors (Lipinski definition) is 4. The van der Waals surface area contributed by atoms with E-state index >= 15 is 0 Å². The summed E-state index contributed by atoms with van der Waals surface area (Å²) in [5.74, 6) is 0.140. The van der Waals surface area contributed by atoms with E-state index in [1.54, 1.807) is 6.20 Å². The molecule has 18 heavy (non-hydrogen) atoms. The molecule has 0 radical (unpaired) electrons. The van der Waals surface area contributed by atoms with Gasteiger partial charge in [0.1, 0.15) is 0 Å². The fourth-order valence-corrected chi connectivity index (χ4v) is 2.99. The van der Waals surface area contributed by atoms with Gasteiger partial charge in [-0.25, -0.2) is 8.42 Å². The molecule has 7 heteroatoms. The van der Waals surface area contributed by atoms with Crippen molar-refractivity contribution in [2.45, 2.75) is 20.0 Å². The van der Waals surface area contributed by atoms with Crippen LogP contribution in [0.2, 0.25) is 0 Å². The van der Waals surface area contributed by atoms with Gasteiger partial charge in [0, 0.05) is 31.8 Å². The number of sulfonamides is 1. The van der Waals surface area contributed by atoms with Crippen LogP contribution in [0.4, 0.5) is 0 Å². The lowest BCUT2D eigenvalue weighted by molar-refractivity contribution is 0.0966. The summed E-state index contributed by atoms with van der Waals surface area (Å²) in [7, 11) is -3.19. The van der Waals surface area contributed by atoms with Crippen molar-refractivity contribution in [3.05, 3.63) is 18.0 Å². The second kappa shape index (κ2) is 5.38. The van der Waals surface area contributed by atoms with Gasteiger partial charge in [-0.3, -0.25) is 4.68 Å². The van der Waals surface area contributed by atoms with E-state index in [9.17, 15) is 8.42 Å². The van der Waals surface area contributed by atoms with Gasteiger partial charge < -0.3 is 4.74 Å². The van der Waals surface area contributed by atoms with E-state index < -0.39 is 10.0 Å². The average Bonchev–Trinajstić information content (AvgIpc) is 2.63. The fraction of sp³-hybridized carbons (Fsp3) is 0.727. The van der Waals surface area contributed by atoms with Crippen molar-refractivity contribution in [2.24, 2.45) is 5.92 Å². The summed E-state index contributed by atoms with van der Waals surface area (Å²) in [5, 5.41) is 4.23. The van der Waals surface area contributed by atoms with Crippen LogP contribution < -0.4 is 0 Å². The van der Waals surface area contributed by atoms with Crippen molar-refractivity contribution >= 4 is 10.0 Å². The van der Waals surface area contributed by atoms with E-state index in [1.165, 1.54) is 10.6 Å². The second-order valence-electron chi connectivity index (χ2n) is 4.59. The zero-order valence-corrected chi connectivity index (χ0v) is 11.6. The van der Waals surface area contributed by atoms with Gasteiger partial charge in [0.15, 0.2) is 0 Å². The monoisotopic (exact) mass is 273 g/mol. The predicted molar refractivity (Wildman–Crippen MR) is 67.5 cm³/mol. The highest BCUT2D eigenvalue weighted by molar-refractivity contribution is 7.88. The summed E-state index contributed by atoms with van der Waals surface area (Å²) >= 11 is 0. The lowest BCUT2D eigenvalue weighted by Crippen LogP contribution is -2.34. The normalized spacial score (nSPS) is 21.6. The second-order valence-corrected chi connectivity index (χ2v) is 6.57. The summed E-state index contributed by atoms with van der Waals surface area (Å²) in [4.78, 5) is 0. The number of hydrogen-bond donors (Lipinski definition) is 0. The van der Waals surface area contributed by atoms with Crippen LogP contribution in [0, 0.1) is 5.92 Å². The van der Waals surface area contributed by atoms with Gasteiger partial charge in [0.2, 0.25) is 10.0 Å². The van der Waals surface area contributed by atoms with Crippen LogP contribution in [-0.4, -0.2) is 48.5 Å². The van der Waals surface area contributed by atoms with Gasteiger partial charge in [-0.15, -0.1) is 0 Å². The zero-order chi connectivity index (χ0) is 13.2. The summed E-state index contributed by atoms with van der Waals surface area (Å²) in [6, 6.07) is 1.86. The van der Waals surface area contributed by atoms with Crippen molar-refractivity contribution in [3.63, 3.8) is 0 Å². The molecule has 102 valence electrons. The molecule has 0 saturated carbocycles. The largest absolute Gasteiger partial charge is 0.381 e. The SMILES string of the molecule is CCOC[C@H]1CN(S(C)(=O)=O)Cc2ccnn2C1. The molecule has 2 heterocycles. The minimum absolute atomic E-state index is 0.140. The van der Waals surface area contributed by atoms with Crippen molar-refractivity contribution in [1.29, 1.82) is 0 Å². The Bertz CT molecular complexity index is 497. The van der Waals surface area contributed by atoms with E-state index in [1.807, 2.05) is 17.7 Å². The summed E-state index contributed by atoms with van der Waals surface area (Å²) in [6.45, 7) is 4.71. The molecule has 1 aliphatic rings. The van der Waals surface area contributed by atoms with Crippen LogP contribution >= 0.6 is 0 Å². The molecule has 0 aliphatic carbocycles. The number of rotatable bonds is 4. The maximum absolute atomic E-state index is 11.7. The quantitative estimate of drug-likeness (QED) is 0.792. The highest BCUT2D eigenvalue weighted by atomic mass is 32.2. The summed E-state index contributed by atoms with van der Waals surface area (Å²) in [6.07, 6.45) is 2.95. The molecule has 1 aromatic rings. The van der Waals surface area contributed by atoms with Crippen LogP contribution in [0.15, 0.2) is 12.3 Å². The standard InChI is InChI=1S/C11H19N3O3S/c1-3-17-9-10-6-13(18(2,15)16)8-11-4-5-12-14(11)7-10/h4-5,10H,3,6-9H2,1-2H3/t10-/m0/s1. The van der Waals surface area contributed by atoms with Crippen molar-refractivity contribution in [1.82, 2.24) is 14.1 Å². The molecule has 0 N–H and O–H groups in total. The predicted octanol–water partition coefficient (Wildman–Crippen LogP) is 0.311. The molecule has 1 aromatic heterocycles. The van der Waals surface area contributed by atoms with Crippen molar-refractivity contribution in [2.75, 3.05) is 26.0 Å². The van der Waals surface area contributed by atoms with Crippen LogP contribution in [0.5, 0.6) is 0 Å². The van der Waals surface area contributed by atoms with Crippen LogP contribution in [0.3, 0.4) is 0 Å². The van der Waals surface area contributed by atoms with E-state index in [0.717, 1.165) is 5.69 Å². The third-order valence-electron chi connectivity index (χ3n) is 3.06. The molecular weight excluding hydrogens is 254 g/mol. The highest BCUT2D eigenvalue weighted by Gasteiger charge is 2.27. The Hall–Kier alpha value is -0.920. The van der Waals surface area contributed by atoms with E-state index in [4.69, 9.17) is 4.74 Å². The first-order chi connectivity index (χ1) is 8.50. The Morgan fingerprint density at radius 3 is 2.94 bits per heavy atom.